The van der Waals surface area contributed by atoms with Crippen LogP contribution in [0.3, 0.4) is 0 Å². The van der Waals surface area contributed by atoms with E-state index in [0.717, 1.165) is 45.8 Å². The number of nitrogens with one attached hydrogen (secondary N) is 1. The van der Waals surface area contributed by atoms with Crippen LogP contribution in [-0.4, -0.2) is 64.6 Å². The summed E-state index contributed by atoms with van der Waals surface area (Å²) in [6.45, 7) is 12.6. The predicted octanol–water partition coefficient (Wildman–Crippen LogP) is 1.61. The molecule has 0 fully saturated rings. The Morgan fingerprint density at radius 3 is 2.22 bits per heavy atom. The van der Waals surface area contributed by atoms with Crippen molar-refractivity contribution in [2.45, 2.75) is 33.2 Å². The van der Waals surface area contributed by atoms with Crippen molar-refractivity contribution in [2.75, 3.05) is 53.6 Å². The summed E-state index contributed by atoms with van der Waals surface area (Å²) in [5, 5.41) is 3.49. The molecule has 4 heteroatoms. The number of hydrogen-bond donors (Lipinski definition) is 1. The Morgan fingerprint density at radius 2 is 1.67 bits per heavy atom. The number of methoxy groups -OCH3 is 2. The number of rotatable bonds is 12. The van der Waals surface area contributed by atoms with Gasteiger partial charge in [-0.2, -0.15) is 0 Å². The second-order valence-electron chi connectivity index (χ2n) is 5.31. The minimum Gasteiger partial charge on any atom is -0.385 e. The van der Waals surface area contributed by atoms with Gasteiger partial charge in [0.25, 0.3) is 0 Å². The number of ether oxygens (including phenoxy) is 2. The second kappa shape index (κ2) is 11.9. The average molecular weight is 260 g/mol. The Bertz CT molecular complexity index is 177. The molecule has 0 aliphatic rings. The van der Waals surface area contributed by atoms with Crippen LogP contribution in [0.4, 0.5) is 0 Å². The van der Waals surface area contributed by atoms with Gasteiger partial charge in [0.15, 0.2) is 0 Å². The van der Waals surface area contributed by atoms with Gasteiger partial charge in [-0.25, -0.2) is 0 Å². The van der Waals surface area contributed by atoms with Crippen LogP contribution in [-0.2, 0) is 9.47 Å². The highest BCUT2D eigenvalue weighted by molar-refractivity contribution is 4.66. The van der Waals surface area contributed by atoms with Gasteiger partial charge in [0.05, 0.1) is 6.61 Å². The van der Waals surface area contributed by atoms with E-state index in [4.69, 9.17) is 9.47 Å². The molecule has 0 saturated carbocycles. The summed E-state index contributed by atoms with van der Waals surface area (Å²) in [7, 11) is 3.52. The summed E-state index contributed by atoms with van der Waals surface area (Å²) in [4.78, 5) is 2.47. The van der Waals surface area contributed by atoms with Crippen LogP contribution in [0.15, 0.2) is 0 Å². The van der Waals surface area contributed by atoms with Gasteiger partial charge in [0.1, 0.15) is 0 Å². The molecule has 0 radical (unpaired) electrons. The van der Waals surface area contributed by atoms with Gasteiger partial charge < -0.3 is 19.7 Å². The predicted molar refractivity (Wildman–Crippen MR) is 77.1 cm³/mol. The van der Waals surface area contributed by atoms with Crippen molar-refractivity contribution in [2.24, 2.45) is 5.92 Å². The molecule has 0 aromatic carbocycles. The molecule has 4 nitrogen and oxygen atoms in total. The minimum atomic E-state index is 0.563. The maximum Gasteiger partial charge on any atom is 0.0589 e. The molecule has 0 aromatic heterocycles. The van der Waals surface area contributed by atoms with Crippen molar-refractivity contribution in [3.05, 3.63) is 0 Å². The lowest BCUT2D eigenvalue weighted by molar-refractivity contribution is 0.123. The highest BCUT2D eigenvalue weighted by Crippen LogP contribution is 2.01. The maximum atomic E-state index is 5.17. The van der Waals surface area contributed by atoms with Gasteiger partial charge >= 0.3 is 0 Å². The molecule has 0 aliphatic carbocycles. The van der Waals surface area contributed by atoms with Gasteiger partial charge in [0, 0.05) is 46.5 Å². The summed E-state index contributed by atoms with van der Waals surface area (Å²) < 4.78 is 10.3. The van der Waals surface area contributed by atoms with Crippen LogP contribution in [0.1, 0.15) is 27.2 Å². The monoisotopic (exact) mass is 260 g/mol. The SMILES string of the molecule is COCCCN(CCOC)CC(C)CNC(C)C. The van der Waals surface area contributed by atoms with Gasteiger partial charge in [-0.3, -0.25) is 0 Å². The molecule has 0 spiro atoms. The van der Waals surface area contributed by atoms with E-state index in [2.05, 4.69) is 31.0 Å². The quantitative estimate of drug-likeness (QED) is 0.541. The highest BCUT2D eigenvalue weighted by atomic mass is 16.5. The van der Waals surface area contributed by atoms with E-state index in [-0.39, 0.29) is 0 Å². The molecule has 0 aliphatic heterocycles. The van der Waals surface area contributed by atoms with Gasteiger partial charge in [0.2, 0.25) is 0 Å². The summed E-state index contributed by atoms with van der Waals surface area (Å²) >= 11 is 0. The zero-order chi connectivity index (χ0) is 13.8. The smallest absolute Gasteiger partial charge is 0.0589 e. The van der Waals surface area contributed by atoms with Gasteiger partial charge in [-0.1, -0.05) is 20.8 Å². The Kier molecular flexibility index (Phi) is 11.8. The summed E-state index contributed by atoms with van der Waals surface area (Å²) in [6.07, 6.45) is 1.09. The molecular formula is C14H32N2O2. The average Bonchev–Trinajstić information content (AvgIpc) is 2.33. The standard InChI is InChI=1S/C14H32N2O2/c1-13(2)15-11-14(3)12-16(8-10-18-5)7-6-9-17-4/h13-15H,6-12H2,1-5H3. The van der Waals surface area contributed by atoms with Crippen molar-refractivity contribution in [1.82, 2.24) is 10.2 Å². The third-order valence-electron chi connectivity index (χ3n) is 2.88. The summed E-state index contributed by atoms with van der Waals surface area (Å²) in [5.74, 6) is 0.659. The van der Waals surface area contributed by atoms with Crippen LogP contribution in [0.5, 0.6) is 0 Å². The lowest BCUT2D eigenvalue weighted by atomic mass is 10.1. The molecule has 0 rings (SSSR count). The van der Waals surface area contributed by atoms with Gasteiger partial charge in [-0.05, 0) is 18.9 Å². The van der Waals surface area contributed by atoms with Crippen molar-refractivity contribution in [3.8, 4) is 0 Å². The first-order chi connectivity index (χ1) is 8.60. The molecule has 1 atom stereocenters. The van der Waals surface area contributed by atoms with Crippen LogP contribution >= 0.6 is 0 Å². The molecule has 18 heavy (non-hydrogen) atoms. The Labute approximate surface area is 113 Å². The van der Waals surface area contributed by atoms with E-state index in [1.807, 2.05) is 0 Å². The third kappa shape index (κ3) is 11.0. The van der Waals surface area contributed by atoms with Crippen LogP contribution in [0.2, 0.25) is 0 Å². The third-order valence-corrected chi connectivity index (χ3v) is 2.88. The van der Waals surface area contributed by atoms with Crippen LogP contribution in [0.25, 0.3) is 0 Å². The van der Waals surface area contributed by atoms with Crippen molar-refractivity contribution < 1.29 is 9.47 Å². The molecular weight excluding hydrogens is 228 g/mol. The first-order valence-corrected chi connectivity index (χ1v) is 7.03. The Morgan fingerprint density at radius 1 is 1.00 bits per heavy atom. The normalized spacial score (nSPS) is 13.5. The molecule has 110 valence electrons. The molecule has 1 unspecified atom stereocenters. The summed E-state index contributed by atoms with van der Waals surface area (Å²) in [5.41, 5.74) is 0. The van der Waals surface area contributed by atoms with E-state index in [1.54, 1.807) is 14.2 Å². The van der Waals surface area contributed by atoms with Crippen LogP contribution in [0, 0.1) is 5.92 Å². The fourth-order valence-corrected chi connectivity index (χ4v) is 1.89. The fourth-order valence-electron chi connectivity index (χ4n) is 1.89. The number of hydrogen-bond acceptors (Lipinski definition) is 4. The van der Waals surface area contributed by atoms with E-state index >= 15 is 0 Å². The molecule has 1 N–H and O–H groups in total. The number of nitrogens with zero attached hydrogens (tertiary/aromatic N) is 1. The second-order valence-corrected chi connectivity index (χ2v) is 5.31. The first kappa shape index (κ1) is 17.8. The van der Waals surface area contributed by atoms with E-state index < -0.39 is 0 Å². The van der Waals surface area contributed by atoms with Crippen molar-refractivity contribution >= 4 is 0 Å². The topological polar surface area (TPSA) is 33.7 Å². The lowest BCUT2D eigenvalue weighted by Crippen LogP contribution is -2.37. The first-order valence-electron chi connectivity index (χ1n) is 7.03. The van der Waals surface area contributed by atoms with Crippen molar-refractivity contribution in [1.29, 1.82) is 0 Å². The maximum absolute atomic E-state index is 5.17. The molecule has 0 heterocycles. The van der Waals surface area contributed by atoms with E-state index in [0.29, 0.717) is 12.0 Å². The van der Waals surface area contributed by atoms with E-state index in [9.17, 15) is 0 Å². The van der Waals surface area contributed by atoms with Gasteiger partial charge in [-0.15, -0.1) is 0 Å². The lowest BCUT2D eigenvalue weighted by Gasteiger charge is -2.26. The zero-order valence-corrected chi connectivity index (χ0v) is 12.9. The molecule has 0 saturated heterocycles. The Balaban J connectivity index is 3.88. The van der Waals surface area contributed by atoms with Crippen LogP contribution < -0.4 is 5.32 Å². The highest BCUT2D eigenvalue weighted by Gasteiger charge is 2.10. The summed E-state index contributed by atoms with van der Waals surface area (Å²) in [6, 6.07) is 0.563. The molecule has 0 bridgehead atoms. The Hall–Kier alpha value is -0.160. The largest absolute Gasteiger partial charge is 0.385 e. The van der Waals surface area contributed by atoms with E-state index in [1.165, 1.54) is 0 Å². The molecule has 0 amide bonds. The fraction of sp³-hybridized carbons (Fsp3) is 1.00. The zero-order valence-electron chi connectivity index (χ0n) is 12.9. The molecule has 0 aromatic rings. The van der Waals surface area contributed by atoms with Crippen molar-refractivity contribution in [3.63, 3.8) is 0 Å². The minimum absolute atomic E-state index is 0.563.